The zero-order chi connectivity index (χ0) is 14.7. The van der Waals surface area contributed by atoms with E-state index >= 15 is 0 Å². The van der Waals surface area contributed by atoms with E-state index in [9.17, 15) is 4.79 Å². The number of nitrogen functional groups attached to an aromatic ring is 1. The molecule has 2 rings (SSSR count). The second kappa shape index (κ2) is 5.71. The Hall–Kier alpha value is -2.40. The lowest BCUT2D eigenvalue weighted by Crippen LogP contribution is -2.13. The first kappa shape index (κ1) is 14.0. The molecule has 6 heteroatoms. The van der Waals surface area contributed by atoms with Gasteiger partial charge in [0.05, 0.1) is 17.7 Å². The number of methoxy groups -OCH3 is 1. The van der Waals surface area contributed by atoms with Crippen LogP contribution in [0.25, 0.3) is 0 Å². The quantitative estimate of drug-likeness (QED) is 0.756. The van der Waals surface area contributed by atoms with Crippen molar-refractivity contribution in [3.63, 3.8) is 0 Å². The number of hydrogen-bond acceptors (Lipinski definition) is 4. The van der Waals surface area contributed by atoms with Gasteiger partial charge < -0.3 is 21.5 Å². The molecule has 0 heterocycles. The fraction of sp³-hybridized carbons (Fsp3) is 0.0714. The first-order valence-corrected chi connectivity index (χ1v) is 6.19. The summed E-state index contributed by atoms with van der Waals surface area (Å²) in [6, 6.07) is 10.2. The Morgan fingerprint density at radius 1 is 1.20 bits per heavy atom. The highest BCUT2D eigenvalue weighted by molar-refractivity contribution is 6.32. The number of ether oxygens (including phenoxy) is 1. The van der Waals surface area contributed by atoms with Crippen molar-refractivity contribution in [3.05, 3.63) is 47.0 Å². The van der Waals surface area contributed by atoms with Crippen molar-refractivity contribution in [2.75, 3.05) is 18.2 Å². The molecule has 5 nitrogen and oxygen atoms in total. The monoisotopic (exact) mass is 291 g/mol. The number of hydrogen-bond donors (Lipinski definition) is 3. The Bertz CT molecular complexity index is 659. The highest BCUT2D eigenvalue weighted by Crippen LogP contribution is 2.29. The number of nitrogens with one attached hydrogen (secondary N) is 1. The van der Waals surface area contributed by atoms with Gasteiger partial charge in [-0.05, 0) is 30.3 Å². The lowest BCUT2D eigenvalue weighted by Gasteiger charge is -2.11. The highest BCUT2D eigenvalue weighted by atomic mass is 35.5. The average Bonchev–Trinajstić information content (AvgIpc) is 2.42. The largest absolute Gasteiger partial charge is 0.495 e. The van der Waals surface area contributed by atoms with E-state index in [2.05, 4.69) is 5.32 Å². The standard InChI is InChI=1S/C14H14ClN3O2/c1-20-13-7-9(2-4-11(13)15)18-8-3-5-12(16)10(6-8)14(17)19/h2-7,18H,16H2,1H3,(H2,17,19). The Morgan fingerprint density at radius 3 is 2.50 bits per heavy atom. The van der Waals surface area contributed by atoms with Crippen molar-refractivity contribution < 1.29 is 9.53 Å². The smallest absolute Gasteiger partial charge is 0.250 e. The van der Waals surface area contributed by atoms with Gasteiger partial charge in [0.15, 0.2) is 0 Å². The normalized spacial score (nSPS) is 10.1. The van der Waals surface area contributed by atoms with Gasteiger partial charge in [-0.3, -0.25) is 4.79 Å². The number of halogens is 1. The lowest BCUT2D eigenvalue weighted by molar-refractivity contribution is 0.100. The maximum Gasteiger partial charge on any atom is 0.250 e. The van der Waals surface area contributed by atoms with E-state index in [1.807, 2.05) is 0 Å². The van der Waals surface area contributed by atoms with Gasteiger partial charge in [-0.2, -0.15) is 0 Å². The van der Waals surface area contributed by atoms with Crippen LogP contribution < -0.4 is 21.5 Å². The Labute approximate surface area is 121 Å². The number of benzene rings is 2. The number of carbonyl (C=O) groups excluding carboxylic acids is 1. The molecule has 5 N–H and O–H groups in total. The minimum Gasteiger partial charge on any atom is -0.495 e. The zero-order valence-electron chi connectivity index (χ0n) is 10.8. The summed E-state index contributed by atoms with van der Waals surface area (Å²) in [6.45, 7) is 0. The zero-order valence-corrected chi connectivity index (χ0v) is 11.6. The summed E-state index contributed by atoms with van der Waals surface area (Å²) in [5, 5.41) is 3.65. The molecule has 0 saturated carbocycles. The molecule has 1 amide bonds. The fourth-order valence-corrected chi connectivity index (χ4v) is 1.95. The molecule has 0 aliphatic heterocycles. The molecule has 104 valence electrons. The molecule has 0 aliphatic rings. The van der Waals surface area contributed by atoms with E-state index < -0.39 is 5.91 Å². The Balaban J connectivity index is 2.30. The number of anilines is 3. The summed E-state index contributed by atoms with van der Waals surface area (Å²) in [5.41, 5.74) is 13.0. The molecule has 0 aromatic heterocycles. The number of primary amides is 1. The molecule has 0 spiro atoms. The van der Waals surface area contributed by atoms with E-state index in [-0.39, 0.29) is 5.56 Å². The maximum absolute atomic E-state index is 11.2. The van der Waals surface area contributed by atoms with Crippen LogP contribution in [-0.4, -0.2) is 13.0 Å². The summed E-state index contributed by atoms with van der Waals surface area (Å²) in [7, 11) is 1.54. The van der Waals surface area contributed by atoms with Gasteiger partial charge in [0.2, 0.25) is 0 Å². The maximum atomic E-state index is 11.2. The van der Waals surface area contributed by atoms with Crippen LogP contribution >= 0.6 is 11.6 Å². The van der Waals surface area contributed by atoms with Crippen molar-refractivity contribution in [1.29, 1.82) is 0 Å². The molecule has 2 aromatic rings. The molecule has 20 heavy (non-hydrogen) atoms. The SMILES string of the molecule is COc1cc(Nc2ccc(N)c(C(N)=O)c2)ccc1Cl. The van der Waals surface area contributed by atoms with Crippen LogP contribution in [0.3, 0.4) is 0 Å². The summed E-state index contributed by atoms with van der Waals surface area (Å²) < 4.78 is 5.14. The van der Waals surface area contributed by atoms with Crippen molar-refractivity contribution in [2.24, 2.45) is 5.73 Å². The van der Waals surface area contributed by atoms with Crippen LogP contribution in [0.5, 0.6) is 5.75 Å². The van der Waals surface area contributed by atoms with Gasteiger partial charge in [0, 0.05) is 23.1 Å². The number of nitrogens with two attached hydrogens (primary N) is 2. The molecular formula is C14H14ClN3O2. The van der Waals surface area contributed by atoms with Gasteiger partial charge in [0.1, 0.15) is 5.75 Å². The van der Waals surface area contributed by atoms with Crippen molar-refractivity contribution >= 4 is 34.6 Å². The number of amides is 1. The molecule has 0 unspecified atom stereocenters. The number of rotatable bonds is 4. The fourth-order valence-electron chi connectivity index (χ4n) is 1.75. The molecule has 0 saturated heterocycles. The molecule has 2 aromatic carbocycles. The molecule has 0 aliphatic carbocycles. The molecule has 0 fully saturated rings. The van der Waals surface area contributed by atoms with Crippen LogP contribution in [0.15, 0.2) is 36.4 Å². The van der Waals surface area contributed by atoms with E-state index in [0.717, 1.165) is 5.69 Å². The summed E-state index contributed by atoms with van der Waals surface area (Å²) in [5.74, 6) is -0.0120. The summed E-state index contributed by atoms with van der Waals surface area (Å²) in [4.78, 5) is 11.2. The first-order chi connectivity index (χ1) is 9.51. The van der Waals surface area contributed by atoms with Crippen LogP contribution in [0, 0.1) is 0 Å². The Morgan fingerprint density at radius 2 is 1.85 bits per heavy atom. The van der Waals surface area contributed by atoms with Gasteiger partial charge in [-0.25, -0.2) is 0 Å². The van der Waals surface area contributed by atoms with Crippen molar-refractivity contribution in [1.82, 2.24) is 0 Å². The minimum atomic E-state index is -0.570. The summed E-state index contributed by atoms with van der Waals surface area (Å²) >= 11 is 5.96. The van der Waals surface area contributed by atoms with Crippen LogP contribution in [0.1, 0.15) is 10.4 Å². The molecule has 0 bridgehead atoms. The van der Waals surface area contributed by atoms with E-state index in [1.165, 1.54) is 0 Å². The third kappa shape index (κ3) is 2.95. The minimum absolute atomic E-state index is 0.274. The topological polar surface area (TPSA) is 90.4 Å². The van der Waals surface area contributed by atoms with Gasteiger partial charge in [0.25, 0.3) is 5.91 Å². The molecular weight excluding hydrogens is 278 g/mol. The second-order valence-electron chi connectivity index (χ2n) is 4.14. The average molecular weight is 292 g/mol. The predicted octanol–water partition coefficient (Wildman–Crippen LogP) is 2.77. The summed E-state index contributed by atoms with van der Waals surface area (Å²) in [6.07, 6.45) is 0. The first-order valence-electron chi connectivity index (χ1n) is 5.81. The number of carbonyl (C=O) groups is 1. The highest BCUT2D eigenvalue weighted by Gasteiger charge is 2.08. The second-order valence-corrected chi connectivity index (χ2v) is 4.55. The van der Waals surface area contributed by atoms with Gasteiger partial charge in [-0.1, -0.05) is 11.6 Å². The third-order valence-corrected chi connectivity index (χ3v) is 3.07. The van der Waals surface area contributed by atoms with E-state index in [0.29, 0.717) is 22.1 Å². The Kier molecular flexibility index (Phi) is 4.00. The molecule has 0 radical (unpaired) electrons. The van der Waals surface area contributed by atoms with Crippen LogP contribution in [-0.2, 0) is 0 Å². The van der Waals surface area contributed by atoms with Gasteiger partial charge >= 0.3 is 0 Å². The predicted molar refractivity (Wildman–Crippen MR) is 80.7 cm³/mol. The van der Waals surface area contributed by atoms with E-state index in [4.69, 9.17) is 27.8 Å². The van der Waals surface area contributed by atoms with E-state index in [1.54, 1.807) is 43.5 Å². The van der Waals surface area contributed by atoms with Crippen LogP contribution in [0.2, 0.25) is 5.02 Å². The molecule has 0 atom stereocenters. The van der Waals surface area contributed by atoms with Crippen molar-refractivity contribution in [2.45, 2.75) is 0 Å². The van der Waals surface area contributed by atoms with Crippen LogP contribution in [0.4, 0.5) is 17.1 Å². The third-order valence-electron chi connectivity index (χ3n) is 2.76. The van der Waals surface area contributed by atoms with Crippen molar-refractivity contribution in [3.8, 4) is 5.75 Å². The lowest BCUT2D eigenvalue weighted by atomic mass is 10.1. The van der Waals surface area contributed by atoms with Gasteiger partial charge in [-0.15, -0.1) is 0 Å².